The van der Waals surface area contributed by atoms with E-state index in [1.807, 2.05) is 0 Å². The molecule has 0 aliphatic heterocycles. The minimum absolute atomic E-state index is 0.162. The number of carbonyl (C=O) groups excluding carboxylic acids is 1. The van der Waals surface area contributed by atoms with E-state index in [1.54, 1.807) is 45.0 Å². The lowest BCUT2D eigenvalue weighted by molar-refractivity contribution is -0.139. The van der Waals surface area contributed by atoms with Crippen molar-refractivity contribution in [3.8, 4) is 0 Å². The molecule has 0 heterocycles. The summed E-state index contributed by atoms with van der Waals surface area (Å²) in [7, 11) is 5.56. The zero-order chi connectivity index (χ0) is 15.3. The van der Waals surface area contributed by atoms with Gasteiger partial charge < -0.3 is 15.2 Å². The van der Waals surface area contributed by atoms with Gasteiger partial charge in [-0.15, -0.1) is 0 Å². The van der Waals surface area contributed by atoms with Crippen LogP contribution in [0.5, 0.6) is 0 Å². The van der Waals surface area contributed by atoms with Crippen molar-refractivity contribution in [1.29, 1.82) is 0 Å². The maximum absolute atomic E-state index is 11.6. The van der Waals surface area contributed by atoms with Crippen LogP contribution >= 0.6 is 0 Å². The Hall–Kier alpha value is -1.98. The minimum atomic E-state index is -1.12. The van der Waals surface area contributed by atoms with Gasteiger partial charge in [-0.1, -0.05) is 29.7 Å². The highest BCUT2D eigenvalue weighted by Crippen LogP contribution is 2.08. The van der Waals surface area contributed by atoms with E-state index in [4.69, 9.17) is 17.7 Å². The van der Waals surface area contributed by atoms with E-state index < -0.39 is 23.7 Å². The van der Waals surface area contributed by atoms with Crippen molar-refractivity contribution in [3.05, 3.63) is 29.8 Å². The molecular weight excluding hydrogens is 257 g/mol. The van der Waals surface area contributed by atoms with Gasteiger partial charge in [-0.3, -0.25) is 0 Å². The van der Waals surface area contributed by atoms with Gasteiger partial charge in [-0.2, -0.15) is 0 Å². The molecule has 2 radical (unpaired) electrons. The zero-order valence-electron chi connectivity index (χ0n) is 11.8. The van der Waals surface area contributed by atoms with E-state index in [-0.39, 0.29) is 6.42 Å². The van der Waals surface area contributed by atoms with Crippen LogP contribution in [0.1, 0.15) is 26.3 Å². The second kappa shape index (κ2) is 6.46. The molecular formula is C14H18BNO4. The number of rotatable bonds is 4. The van der Waals surface area contributed by atoms with Crippen molar-refractivity contribution in [2.24, 2.45) is 0 Å². The molecule has 5 nitrogen and oxygen atoms in total. The Morgan fingerprint density at radius 2 is 1.85 bits per heavy atom. The summed E-state index contributed by atoms with van der Waals surface area (Å²) in [5.41, 5.74) is 0.692. The summed E-state index contributed by atoms with van der Waals surface area (Å²) in [6.45, 7) is 5.13. The molecule has 0 aliphatic rings. The fourth-order valence-corrected chi connectivity index (χ4v) is 1.54. The monoisotopic (exact) mass is 275 g/mol. The first-order valence-corrected chi connectivity index (χ1v) is 6.24. The molecule has 20 heavy (non-hydrogen) atoms. The Labute approximate surface area is 119 Å². The Morgan fingerprint density at radius 3 is 2.30 bits per heavy atom. The van der Waals surface area contributed by atoms with Crippen LogP contribution in [0.25, 0.3) is 0 Å². The van der Waals surface area contributed by atoms with E-state index >= 15 is 0 Å². The molecule has 0 saturated carbocycles. The van der Waals surface area contributed by atoms with Gasteiger partial charge in [0.05, 0.1) is 0 Å². The van der Waals surface area contributed by atoms with Gasteiger partial charge in [-0.25, -0.2) is 9.59 Å². The van der Waals surface area contributed by atoms with Crippen LogP contribution in [0.15, 0.2) is 24.3 Å². The Morgan fingerprint density at radius 1 is 1.30 bits per heavy atom. The normalized spacial score (nSPS) is 12.6. The summed E-state index contributed by atoms with van der Waals surface area (Å²) in [6, 6.07) is 5.77. The van der Waals surface area contributed by atoms with Crippen molar-refractivity contribution in [1.82, 2.24) is 5.32 Å². The molecule has 1 rings (SSSR count). The first-order chi connectivity index (χ1) is 9.17. The largest absolute Gasteiger partial charge is 0.480 e. The van der Waals surface area contributed by atoms with Crippen molar-refractivity contribution in [2.45, 2.75) is 38.8 Å². The fraction of sp³-hybridized carbons (Fsp3) is 0.429. The number of carboxylic acids is 1. The van der Waals surface area contributed by atoms with Gasteiger partial charge in [0, 0.05) is 6.42 Å². The smallest absolute Gasteiger partial charge is 0.408 e. The number of aliphatic carboxylic acids is 1. The van der Waals surface area contributed by atoms with Crippen LogP contribution in [0.4, 0.5) is 4.79 Å². The number of carbonyl (C=O) groups is 2. The highest BCUT2D eigenvalue weighted by Gasteiger charge is 2.24. The molecule has 0 unspecified atom stereocenters. The highest BCUT2D eigenvalue weighted by molar-refractivity contribution is 6.32. The molecule has 0 fully saturated rings. The van der Waals surface area contributed by atoms with Crippen LogP contribution in [-0.4, -0.2) is 36.7 Å². The predicted molar refractivity (Wildman–Crippen MR) is 76.3 cm³/mol. The first kappa shape index (κ1) is 16.1. The van der Waals surface area contributed by atoms with Gasteiger partial charge in [0.1, 0.15) is 19.5 Å². The number of benzene rings is 1. The standard InChI is InChI=1S/C14H18BNO4/c1-14(2,3)20-13(19)16-11(12(17)18)8-9-4-6-10(15)7-5-9/h4-7,11H,8H2,1-3H3,(H,16,19)(H,17,18)/t11-/m0/s1. The molecule has 6 heteroatoms. The average molecular weight is 275 g/mol. The predicted octanol–water partition coefficient (Wildman–Crippen LogP) is 1.00. The van der Waals surface area contributed by atoms with Crippen molar-refractivity contribution >= 4 is 25.4 Å². The summed E-state index contributed by atoms with van der Waals surface area (Å²) in [4.78, 5) is 22.8. The third kappa shape index (κ3) is 5.78. The van der Waals surface area contributed by atoms with E-state index in [9.17, 15) is 9.59 Å². The third-order valence-corrected chi connectivity index (χ3v) is 2.41. The maximum atomic E-state index is 11.6. The van der Waals surface area contributed by atoms with Crippen LogP contribution < -0.4 is 10.8 Å². The number of amides is 1. The lowest BCUT2D eigenvalue weighted by Crippen LogP contribution is -2.44. The summed E-state index contributed by atoms with van der Waals surface area (Å²) in [5, 5.41) is 11.5. The average Bonchev–Trinajstić information content (AvgIpc) is 2.28. The van der Waals surface area contributed by atoms with Crippen molar-refractivity contribution < 1.29 is 19.4 Å². The van der Waals surface area contributed by atoms with Gasteiger partial charge >= 0.3 is 12.1 Å². The molecule has 106 valence electrons. The number of carboxylic acid groups (broad SMARTS) is 1. The van der Waals surface area contributed by atoms with E-state index in [1.165, 1.54) is 0 Å². The quantitative estimate of drug-likeness (QED) is 0.804. The van der Waals surface area contributed by atoms with Crippen molar-refractivity contribution in [2.75, 3.05) is 0 Å². The van der Waals surface area contributed by atoms with Crippen LogP contribution in [0.2, 0.25) is 0 Å². The Kier molecular flexibility index (Phi) is 5.19. The number of hydrogen-bond acceptors (Lipinski definition) is 3. The third-order valence-electron chi connectivity index (χ3n) is 2.41. The number of alkyl carbamates (subject to hydrolysis) is 1. The molecule has 1 amide bonds. The molecule has 0 spiro atoms. The molecule has 0 aromatic heterocycles. The second-order valence-corrected chi connectivity index (χ2v) is 5.48. The Balaban J connectivity index is 2.68. The summed E-state index contributed by atoms with van der Waals surface area (Å²) >= 11 is 0. The van der Waals surface area contributed by atoms with Gasteiger partial charge in [-0.05, 0) is 26.3 Å². The second-order valence-electron chi connectivity index (χ2n) is 5.48. The Bertz CT molecular complexity index is 479. The van der Waals surface area contributed by atoms with Gasteiger partial charge in [0.15, 0.2) is 0 Å². The van der Waals surface area contributed by atoms with E-state index in [2.05, 4.69) is 5.32 Å². The molecule has 0 aliphatic carbocycles. The molecule has 2 N–H and O–H groups in total. The number of nitrogens with one attached hydrogen (secondary N) is 1. The minimum Gasteiger partial charge on any atom is -0.480 e. The summed E-state index contributed by atoms with van der Waals surface area (Å²) < 4.78 is 5.04. The van der Waals surface area contributed by atoms with Gasteiger partial charge in [0.2, 0.25) is 0 Å². The molecule has 1 aromatic carbocycles. The van der Waals surface area contributed by atoms with Crippen LogP contribution in [0, 0.1) is 0 Å². The molecule has 0 saturated heterocycles. The van der Waals surface area contributed by atoms with Gasteiger partial charge in [0.25, 0.3) is 0 Å². The first-order valence-electron chi connectivity index (χ1n) is 6.24. The molecule has 0 bridgehead atoms. The fourth-order valence-electron chi connectivity index (χ4n) is 1.54. The van der Waals surface area contributed by atoms with Crippen LogP contribution in [0.3, 0.4) is 0 Å². The number of ether oxygens (including phenoxy) is 1. The SMILES string of the molecule is [B]c1ccc(C[C@H](NC(=O)OC(C)(C)C)C(=O)O)cc1. The maximum Gasteiger partial charge on any atom is 0.408 e. The summed E-state index contributed by atoms with van der Waals surface area (Å²) in [6.07, 6.45) is -0.588. The van der Waals surface area contributed by atoms with E-state index in [0.29, 0.717) is 5.46 Å². The highest BCUT2D eigenvalue weighted by atomic mass is 16.6. The lowest BCUT2D eigenvalue weighted by atomic mass is 9.94. The molecule has 1 atom stereocenters. The van der Waals surface area contributed by atoms with Crippen LogP contribution in [-0.2, 0) is 16.0 Å². The molecule has 1 aromatic rings. The lowest BCUT2D eigenvalue weighted by Gasteiger charge is -2.22. The number of hydrogen-bond donors (Lipinski definition) is 2. The summed E-state index contributed by atoms with van der Waals surface area (Å²) in [5.74, 6) is -1.12. The zero-order valence-corrected chi connectivity index (χ0v) is 11.8. The van der Waals surface area contributed by atoms with E-state index in [0.717, 1.165) is 5.56 Å². The topological polar surface area (TPSA) is 75.6 Å². The van der Waals surface area contributed by atoms with Crippen molar-refractivity contribution in [3.63, 3.8) is 0 Å².